The zero-order chi connectivity index (χ0) is 10.7. The fourth-order valence-corrected chi connectivity index (χ4v) is 0.453. The minimum atomic E-state index is -1.75. The van der Waals surface area contributed by atoms with Crippen molar-refractivity contribution in [2.24, 2.45) is 0 Å². The zero-order valence-corrected chi connectivity index (χ0v) is 6.58. The van der Waals surface area contributed by atoms with Gasteiger partial charge in [0.2, 0.25) is 5.39 Å². The van der Waals surface area contributed by atoms with E-state index in [2.05, 4.69) is 0 Å². The average molecular weight is 184 g/mol. The molecular formula is C6H8N4O3. The van der Waals surface area contributed by atoms with Crippen molar-refractivity contribution in [3.8, 4) is 0 Å². The molecule has 0 aliphatic rings. The summed E-state index contributed by atoms with van der Waals surface area (Å²) in [6.45, 7) is 0. The first kappa shape index (κ1) is 13.2. The van der Waals surface area contributed by atoms with Crippen LogP contribution in [0.5, 0.6) is 0 Å². The van der Waals surface area contributed by atoms with E-state index < -0.39 is 5.09 Å². The van der Waals surface area contributed by atoms with Crippen LogP contribution < -0.4 is 11.1 Å². The van der Waals surface area contributed by atoms with Gasteiger partial charge >= 0.3 is 0 Å². The molecule has 70 valence electrons. The molecule has 0 aliphatic heterocycles. The highest BCUT2D eigenvalue weighted by Gasteiger charge is 1.72. The number of nitrogens with two attached hydrogens (primary N) is 1. The van der Waals surface area contributed by atoms with Crippen molar-refractivity contribution in [1.82, 2.24) is 0 Å². The maximum Gasteiger partial charge on any atom is 0.212 e. The lowest BCUT2D eigenvalue weighted by atomic mass is 10.3. The molecule has 1 rings (SSSR count). The van der Waals surface area contributed by atoms with E-state index in [1.165, 1.54) is 0 Å². The molecule has 0 saturated heterocycles. The smallest absolute Gasteiger partial charge is 0.212 e. The van der Waals surface area contributed by atoms with Crippen LogP contribution in [0.3, 0.4) is 0 Å². The normalized spacial score (nSPS) is 6.62. The first-order valence-electron chi connectivity index (χ1n) is 2.97. The highest BCUT2D eigenvalue weighted by Crippen LogP contribution is 1.95. The molecule has 0 saturated carbocycles. The van der Waals surface area contributed by atoms with Crippen LogP contribution in [0.1, 0.15) is 0 Å². The molecule has 0 fully saturated rings. The molecule has 1 aromatic carbocycles. The van der Waals surface area contributed by atoms with Gasteiger partial charge < -0.3 is 21.1 Å². The number of anilines is 1. The molecule has 0 amide bonds. The minimum absolute atomic E-state index is 0.822. The quantitative estimate of drug-likeness (QED) is 0.237. The Morgan fingerprint density at radius 2 is 1.54 bits per heavy atom. The van der Waals surface area contributed by atoms with Crippen LogP contribution in [-0.2, 0) is 0 Å². The van der Waals surface area contributed by atoms with E-state index in [1.54, 1.807) is 0 Å². The van der Waals surface area contributed by atoms with Crippen molar-refractivity contribution in [3.63, 3.8) is 0 Å². The molecule has 0 aliphatic carbocycles. The number of hydrogen-bond acceptors (Lipinski definition) is 5. The van der Waals surface area contributed by atoms with Gasteiger partial charge in [0.05, 0.1) is 10.5 Å². The predicted molar refractivity (Wildman–Crippen MR) is 43.9 cm³/mol. The second-order valence-electron chi connectivity index (χ2n) is 1.63. The lowest BCUT2D eigenvalue weighted by molar-refractivity contribution is -0.402. The molecule has 0 bridgehead atoms. The average Bonchev–Trinajstić information content (AvgIpc) is 2.08. The summed E-state index contributed by atoms with van der Waals surface area (Å²) < 4.78 is 0. The van der Waals surface area contributed by atoms with E-state index in [4.69, 9.17) is 31.8 Å². The number of benzene rings is 1. The number of nitrogen functional groups attached to an aromatic ring is 1. The fourth-order valence-electron chi connectivity index (χ4n) is 0.453. The van der Waals surface area contributed by atoms with Crippen molar-refractivity contribution in [3.05, 3.63) is 45.7 Å². The minimum Gasteiger partial charge on any atom is -0.399 e. The third-order valence-electron chi connectivity index (χ3n) is 0.800. The summed E-state index contributed by atoms with van der Waals surface area (Å²) in [6.07, 6.45) is 0. The Bertz CT molecular complexity index is 245. The SMILES string of the molecule is N#[NH+].Nc1ccccc1.O=[N+]([O-])[O-]. The molecule has 0 unspecified atom stereocenters. The van der Waals surface area contributed by atoms with Crippen molar-refractivity contribution in [2.75, 3.05) is 5.73 Å². The highest BCUT2D eigenvalue weighted by molar-refractivity contribution is 5.35. The topological polar surface area (TPSA) is 140 Å². The van der Waals surface area contributed by atoms with Gasteiger partial charge in [0.15, 0.2) is 0 Å². The molecule has 0 heterocycles. The zero-order valence-electron chi connectivity index (χ0n) is 6.58. The molecule has 7 nitrogen and oxygen atoms in total. The van der Waals surface area contributed by atoms with Crippen molar-refractivity contribution < 1.29 is 10.5 Å². The summed E-state index contributed by atoms with van der Waals surface area (Å²) in [6, 6.07) is 9.49. The fraction of sp³-hybridized carbons (Fsp3) is 0. The summed E-state index contributed by atoms with van der Waals surface area (Å²) in [5, 5.41) is 25.8. The van der Waals surface area contributed by atoms with Gasteiger partial charge in [-0.1, -0.05) is 18.2 Å². The first-order chi connectivity index (χ1) is 6.13. The van der Waals surface area contributed by atoms with Crippen molar-refractivity contribution in [1.29, 1.82) is 5.39 Å². The van der Waals surface area contributed by atoms with Gasteiger partial charge in [-0.15, -0.1) is 0 Å². The molecule has 7 heteroatoms. The Balaban J connectivity index is 0. The van der Waals surface area contributed by atoms with Gasteiger partial charge in [-0.25, -0.2) is 0 Å². The van der Waals surface area contributed by atoms with E-state index in [-0.39, 0.29) is 0 Å². The van der Waals surface area contributed by atoms with E-state index >= 15 is 0 Å². The van der Waals surface area contributed by atoms with Crippen LogP contribution in [0.25, 0.3) is 0 Å². The summed E-state index contributed by atoms with van der Waals surface area (Å²) in [7, 11) is 0. The van der Waals surface area contributed by atoms with Crippen molar-refractivity contribution >= 4 is 5.69 Å². The Kier molecular flexibility index (Phi) is 9.82. The van der Waals surface area contributed by atoms with Crippen LogP contribution in [0.2, 0.25) is 0 Å². The van der Waals surface area contributed by atoms with Gasteiger partial charge in [0, 0.05) is 5.69 Å². The first-order valence-corrected chi connectivity index (χ1v) is 2.97. The van der Waals surface area contributed by atoms with Gasteiger partial charge in [-0.05, 0) is 12.1 Å². The highest BCUT2D eigenvalue weighted by atomic mass is 16.9. The number of hydrogen-bond donors (Lipinski definition) is 2. The third-order valence-corrected chi connectivity index (χ3v) is 0.800. The standard InChI is InChI=1S/C6H7N.N2.NO3/c7-6-4-2-1-3-5-6;1-2;2-1(3)4/h1-5H,7H2;;/q;;-1/p+1. The summed E-state index contributed by atoms with van der Waals surface area (Å²) in [5.74, 6) is 0. The second kappa shape index (κ2) is 9.64. The third kappa shape index (κ3) is 17.7. The summed E-state index contributed by atoms with van der Waals surface area (Å²) in [5.41, 5.74) is 6.18. The molecule has 0 radical (unpaired) electrons. The van der Waals surface area contributed by atoms with Crippen LogP contribution in [0, 0.1) is 20.7 Å². The van der Waals surface area contributed by atoms with Crippen LogP contribution >= 0.6 is 0 Å². The molecule has 0 atom stereocenters. The number of para-hydroxylation sites is 1. The summed E-state index contributed by atoms with van der Waals surface area (Å²) in [4.78, 5) is 8.25. The Hall–Kier alpha value is -2.36. The number of nitrogens with one attached hydrogen (secondary N) is 1. The maximum absolute atomic E-state index is 8.25. The van der Waals surface area contributed by atoms with Gasteiger partial charge in [-0.3, -0.25) is 0 Å². The lowest BCUT2D eigenvalue weighted by Gasteiger charge is -1.83. The largest absolute Gasteiger partial charge is 0.399 e. The van der Waals surface area contributed by atoms with Gasteiger partial charge in [-0.2, -0.15) is 0 Å². The molecule has 0 spiro atoms. The lowest BCUT2D eigenvalue weighted by Crippen LogP contribution is -2.11. The predicted octanol–water partition coefficient (Wildman–Crippen LogP) is -0.691. The number of nitrogens with zero attached hydrogens (tertiary/aromatic N) is 2. The van der Waals surface area contributed by atoms with E-state index in [0.29, 0.717) is 0 Å². The van der Waals surface area contributed by atoms with E-state index in [9.17, 15) is 0 Å². The maximum atomic E-state index is 8.25. The van der Waals surface area contributed by atoms with E-state index in [0.717, 1.165) is 5.69 Å². The number of diazo groups is 1. The second-order valence-corrected chi connectivity index (χ2v) is 1.63. The van der Waals surface area contributed by atoms with Crippen molar-refractivity contribution in [2.45, 2.75) is 0 Å². The Morgan fingerprint density at radius 3 is 1.69 bits per heavy atom. The molecule has 0 aromatic heterocycles. The Labute approximate surface area is 73.9 Å². The molecule has 3 N–H and O–H groups in total. The molecule has 1 aromatic rings. The number of rotatable bonds is 0. The van der Waals surface area contributed by atoms with Gasteiger partial charge in [0.1, 0.15) is 0 Å². The molecular weight excluding hydrogens is 176 g/mol. The monoisotopic (exact) mass is 184 g/mol. The summed E-state index contributed by atoms with van der Waals surface area (Å²) >= 11 is 0. The van der Waals surface area contributed by atoms with Crippen LogP contribution in [0.15, 0.2) is 30.3 Å². The van der Waals surface area contributed by atoms with Crippen LogP contribution in [-0.4, -0.2) is 5.09 Å². The van der Waals surface area contributed by atoms with Gasteiger partial charge in [0.25, 0.3) is 0 Å². The Morgan fingerprint density at radius 1 is 1.23 bits per heavy atom. The molecule has 13 heavy (non-hydrogen) atoms. The van der Waals surface area contributed by atoms with Crippen LogP contribution in [0.4, 0.5) is 5.69 Å². The van der Waals surface area contributed by atoms with E-state index in [1.807, 2.05) is 30.3 Å².